The number of nitrogens with one attached hydrogen (secondary N) is 1. The number of carbonyl (C=O) groups excluding carboxylic acids is 1. The molecule has 4 aromatic rings. The van der Waals surface area contributed by atoms with Gasteiger partial charge >= 0.3 is 0 Å². The van der Waals surface area contributed by atoms with Gasteiger partial charge in [-0.2, -0.15) is 0 Å². The van der Waals surface area contributed by atoms with Crippen molar-refractivity contribution in [3.63, 3.8) is 0 Å². The Labute approximate surface area is 178 Å². The molecule has 1 N–H and O–H groups in total. The van der Waals surface area contributed by atoms with Gasteiger partial charge in [-0.05, 0) is 23.8 Å². The fourth-order valence-electron chi connectivity index (χ4n) is 2.61. The normalized spacial score (nSPS) is 10.9. The Balaban J connectivity index is 1.39. The molecule has 29 heavy (non-hydrogen) atoms. The first-order valence-corrected chi connectivity index (χ1v) is 10.7. The molecule has 0 bridgehead atoms. The number of thioether (sulfide) groups is 1. The van der Waals surface area contributed by atoms with Gasteiger partial charge < -0.3 is 0 Å². The maximum atomic E-state index is 12.5. The van der Waals surface area contributed by atoms with Crippen LogP contribution in [0.3, 0.4) is 0 Å². The third-order valence-corrected chi connectivity index (χ3v) is 6.40. The average Bonchev–Trinajstić information content (AvgIpc) is 3.17. The highest BCUT2D eigenvalue weighted by Crippen LogP contribution is 2.30. The van der Waals surface area contributed by atoms with E-state index in [1.54, 1.807) is 18.2 Å². The number of benzene rings is 2. The van der Waals surface area contributed by atoms with Crippen molar-refractivity contribution in [1.82, 2.24) is 19.7 Å². The van der Waals surface area contributed by atoms with Gasteiger partial charge in [0.05, 0.1) is 17.2 Å². The van der Waals surface area contributed by atoms with Crippen LogP contribution in [0.2, 0.25) is 5.02 Å². The molecule has 2 aromatic heterocycles. The smallest absolute Gasteiger partial charge is 0.261 e. The standard InChI is InChI=1S/C19H14ClN5O2S2/c20-14-7-3-1-5-12(14)10-28-19-24-23-18(29-19)22-16(26)9-25-11-21-15-8-4-2-6-13(15)17(25)27/h1-8,11H,9-10H2,(H,22,23,26). The molecule has 0 unspecified atom stereocenters. The number of rotatable bonds is 6. The van der Waals surface area contributed by atoms with E-state index in [-0.39, 0.29) is 18.0 Å². The Morgan fingerprint density at radius 3 is 2.79 bits per heavy atom. The molecule has 0 atom stereocenters. The van der Waals surface area contributed by atoms with Crippen LogP contribution in [-0.2, 0) is 17.1 Å². The molecular weight excluding hydrogens is 430 g/mol. The number of para-hydroxylation sites is 1. The maximum absolute atomic E-state index is 12.5. The van der Waals surface area contributed by atoms with Gasteiger partial charge in [0.15, 0.2) is 4.34 Å². The van der Waals surface area contributed by atoms with Crippen molar-refractivity contribution >= 4 is 56.6 Å². The van der Waals surface area contributed by atoms with Crippen molar-refractivity contribution in [1.29, 1.82) is 0 Å². The summed E-state index contributed by atoms with van der Waals surface area (Å²) < 4.78 is 1.98. The second-order valence-corrected chi connectivity index (χ2v) is 8.60. The van der Waals surface area contributed by atoms with E-state index in [0.717, 1.165) is 5.56 Å². The fourth-order valence-corrected chi connectivity index (χ4v) is 4.66. The van der Waals surface area contributed by atoms with Crippen molar-refractivity contribution in [3.05, 3.63) is 75.8 Å². The molecular formula is C19H14ClN5O2S2. The Bertz CT molecular complexity index is 1240. The second kappa shape index (κ2) is 8.73. The summed E-state index contributed by atoms with van der Waals surface area (Å²) in [4.78, 5) is 29.0. The van der Waals surface area contributed by atoms with E-state index in [0.29, 0.717) is 31.1 Å². The summed E-state index contributed by atoms with van der Waals surface area (Å²) in [5.41, 5.74) is 1.33. The molecule has 7 nitrogen and oxygen atoms in total. The average molecular weight is 444 g/mol. The van der Waals surface area contributed by atoms with E-state index in [9.17, 15) is 9.59 Å². The van der Waals surface area contributed by atoms with E-state index >= 15 is 0 Å². The van der Waals surface area contributed by atoms with Crippen LogP contribution in [0.1, 0.15) is 5.56 Å². The second-order valence-electron chi connectivity index (χ2n) is 6.00. The number of fused-ring (bicyclic) bond motifs is 1. The van der Waals surface area contributed by atoms with E-state index in [1.165, 1.54) is 34.0 Å². The molecule has 2 heterocycles. The lowest BCUT2D eigenvalue weighted by Gasteiger charge is -2.05. The lowest BCUT2D eigenvalue weighted by Crippen LogP contribution is -2.27. The summed E-state index contributed by atoms with van der Waals surface area (Å²) in [5, 5.41) is 12.3. The molecule has 2 aromatic carbocycles. The molecule has 0 radical (unpaired) electrons. The topological polar surface area (TPSA) is 89.8 Å². The largest absolute Gasteiger partial charge is 0.299 e. The Hall–Kier alpha value is -2.75. The summed E-state index contributed by atoms with van der Waals surface area (Å²) in [7, 11) is 0. The van der Waals surface area contributed by atoms with Gasteiger partial charge in [-0.1, -0.05) is 65.0 Å². The van der Waals surface area contributed by atoms with Gasteiger partial charge in [0.2, 0.25) is 11.0 Å². The first-order valence-electron chi connectivity index (χ1n) is 8.54. The fraction of sp³-hybridized carbons (Fsp3) is 0.105. The Morgan fingerprint density at radius 2 is 1.93 bits per heavy atom. The SMILES string of the molecule is O=C(Cn1cnc2ccccc2c1=O)Nc1nnc(SCc2ccccc2Cl)s1. The van der Waals surface area contributed by atoms with Crippen molar-refractivity contribution in [2.75, 3.05) is 5.32 Å². The molecule has 0 spiro atoms. The first-order chi connectivity index (χ1) is 14.1. The number of halogens is 1. The number of nitrogens with zero attached hydrogens (tertiary/aromatic N) is 4. The van der Waals surface area contributed by atoms with Crippen molar-refractivity contribution in [2.45, 2.75) is 16.6 Å². The van der Waals surface area contributed by atoms with Crippen LogP contribution in [0.4, 0.5) is 5.13 Å². The molecule has 0 saturated carbocycles. The van der Waals surface area contributed by atoms with E-state index in [1.807, 2.05) is 30.3 Å². The van der Waals surface area contributed by atoms with Crippen LogP contribution in [-0.4, -0.2) is 25.7 Å². The lowest BCUT2D eigenvalue weighted by atomic mass is 10.2. The minimum atomic E-state index is -0.372. The summed E-state index contributed by atoms with van der Waals surface area (Å²) >= 11 is 8.91. The number of hydrogen-bond donors (Lipinski definition) is 1. The third-order valence-electron chi connectivity index (χ3n) is 4.01. The minimum absolute atomic E-state index is 0.154. The van der Waals surface area contributed by atoms with Crippen molar-refractivity contribution < 1.29 is 4.79 Å². The quantitative estimate of drug-likeness (QED) is 0.360. The van der Waals surface area contributed by atoms with Gasteiger partial charge in [-0.3, -0.25) is 19.5 Å². The number of amides is 1. The molecule has 4 rings (SSSR count). The molecule has 0 fully saturated rings. The zero-order valence-corrected chi connectivity index (χ0v) is 17.3. The summed E-state index contributed by atoms with van der Waals surface area (Å²) in [5.74, 6) is 0.281. The zero-order chi connectivity index (χ0) is 20.2. The number of anilines is 1. The van der Waals surface area contributed by atoms with Crippen LogP contribution in [0.5, 0.6) is 0 Å². The van der Waals surface area contributed by atoms with E-state index in [4.69, 9.17) is 11.6 Å². The number of carbonyl (C=O) groups is 1. The molecule has 1 amide bonds. The molecule has 10 heteroatoms. The summed E-state index contributed by atoms with van der Waals surface area (Å²) in [6.45, 7) is -0.154. The Kier molecular flexibility index (Phi) is 5.89. The number of aromatic nitrogens is 4. The lowest BCUT2D eigenvalue weighted by molar-refractivity contribution is -0.116. The van der Waals surface area contributed by atoms with Gasteiger partial charge in [0.25, 0.3) is 5.56 Å². The Morgan fingerprint density at radius 1 is 1.14 bits per heavy atom. The van der Waals surface area contributed by atoms with Gasteiger partial charge in [-0.15, -0.1) is 10.2 Å². The van der Waals surface area contributed by atoms with E-state index in [2.05, 4.69) is 20.5 Å². The monoisotopic (exact) mass is 443 g/mol. The van der Waals surface area contributed by atoms with Crippen molar-refractivity contribution in [3.8, 4) is 0 Å². The van der Waals surface area contributed by atoms with Crippen LogP contribution in [0.25, 0.3) is 10.9 Å². The molecule has 0 aliphatic carbocycles. The van der Waals surface area contributed by atoms with Crippen LogP contribution < -0.4 is 10.9 Å². The minimum Gasteiger partial charge on any atom is -0.299 e. The summed E-state index contributed by atoms with van der Waals surface area (Å²) in [6, 6.07) is 14.6. The maximum Gasteiger partial charge on any atom is 0.261 e. The van der Waals surface area contributed by atoms with Gasteiger partial charge in [-0.25, -0.2) is 4.98 Å². The highest BCUT2D eigenvalue weighted by Gasteiger charge is 2.12. The molecule has 0 saturated heterocycles. The molecule has 0 aliphatic heterocycles. The van der Waals surface area contributed by atoms with Crippen LogP contribution in [0.15, 0.2) is 64.0 Å². The van der Waals surface area contributed by atoms with E-state index < -0.39 is 0 Å². The molecule has 146 valence electrons. The molecule has 0 aliphatic rings. The predicted octanol–water partition coefficient (Wildman–Crippen LogP) is 3.83. The highest BCUT2D eigenvalue weighted by molar-refractivity contribution is 8.00. The zero-order valence-electron chi connectivity index (χ0n) is 14.9. The van der Waals surface area contributed by atoms with Crippen LogP contribution >= 0.6 is 34.7 Å². The van der Waals surface area contributed by atoms with Crippen LogP contribution in [0, 0.1) is 0 Å². The van der Waals surface area contributed by atoms with Gasteiger partial charge in [0, 0.05) is 10.8 Å². The van der Waals surface area contributed by atoms with Gasteiger partial charge in [0.1, 0.15) is 6.54 Å². The third kappa shape index (κ3) is 4.64. The predicted molar refractivity (Wildman–Crippen MR) is 116 cm³/mol. The highest BCUT2D eigenvalue weighted by atomic mass is 35.5. The first kappa shape index (κ1) is 19.6. The number of hydrogen-bond acceptors (Lipinski definition) is 7. The summed E-state index contributed by atoms with van der Waals surface area (Å²) in [6.07, 6.45) is 1.37. The van der Waals surface area contributed by atoms with Crippen molar-refractivity contribution in [2.24, 2.45) is 0 Å².